The summed E-state index contributed by atoms with van der Waals surface area (Å²) in [5.41, 5.74) is 1.20. The van der Waals surface area contributed by atoms with Crippen LogP contribution >= 0.6 is 11.8 Å². The van der Waals surface area contributed by atoms with Crippen LogP contribution in [0.1, 0.15) is 6.92 Å². The minimum absolute atomic E-state index is 0.0709. The van der Waals surface area contributed by atoms with Crippen molar-refractivity contribution in [2.45, 2.75) is 17.1 Å². The van der Waals surface area contributed by atoms with E-state index in [2.05, 4.69) is 5.32 Å². The average molecular weight is 348 g/mol. The molecule has 0 spiro atoms. The first kappa shape index (κ1) is 16.4. The highest BCUT2D eigenvalue weighted by atomic mass is 32.2. The van der Waals surface area contributed by atoms with Crippen LogP contribution in [0.2, 0.25) is 0 Å². The Hall–Kier alpha value is -2.41. The number of nitrogens with zero attached hydrogens (tertiary/aromatic N) is 1. The molecule has 0 radical (unpaired) electrons. The number of nitrogens with one attached hydrogen (secondary N) is 1. The van der Waals surface area contributed by atoms with Crippen LogP contribution in [0.5, 0.6) is 0 Å². The van der Waals surface area contributed by atoms with Crippen molar-refractivity contribution in [3.63, 3.8) is 0 Å². The number of amides is 2. The van der Waals surface area contributed by atoms with Gasteiger partial charge in [-0.2, -0.15) is 0 Å². The summed E-state index contributed by atoms with van der Waals surface area (Å²) in [7, 11) is 0. The lowest BCUT2D eigenvalue weighted by Gasteiger charge is -2.30. The zero-order valence-corrected chi connectivity index (χ0v) is 13.6. The Bertz CT molecular complexity index is 813. The highest BCUT2D eigenvalue weighted by Gasteiger charge is 2.30. The maximum absolute atomic E-state index is 13.3. The summed E-state index contributed by atoms with van der Waals surface area (Å²) < 4.78 is 26.3. The summed E-state index contributed by atoms with van der Waals surface area (Å²) in [6.45, 7) is 1.60. The fourth-order valence-electron chi connectivity index (χ4n) is 2.45. The molecule has 1 heterocycles. The number of carbonyl (C=O) groups is 2. The van der Waals surface area contributed by atoms with Crippen LogP contribution in [-0.4, -0.2) is 23.6 Å². The maximum Gasteiger partial charge on any atom is 0.244 e. The van der Waals surface area contributed by atoms with Crippen molar-refractivity contribution in [1.29, 1.82) is 0 Å². The average Bonchev–Trinajstić information content (AvgIpc) is 2.56. The van der Waals surface area contributed by atoms with Crippen LogP contribution in [0.4, 0.5) is 20.2 Å². The van der Waals surface area contributed by atoms with Crippen LogP contribution in [0.3, 0.4) is 0 Å². The third kappa shape index (κ3) is 3.26. The van der Waals surface area contributed by atoms with E-state index in [-0.39, 0.29) is 18.4 Å². The normalized spacial score (nSPS) is 14.8. The van der Waals surface area contributed by atoms with E-state index in [1.807, 2.05) is 0 Å². The second-order valence-corrected chi connectivity index (χ2v) is 6.74. The molecule has 2 aromatic carbocycles. The Morgan fingerprint density at radius 3 is 2.71 bits per heavy atom. The summed E-state index contributed by atoms with van der Waals surface area (Å²) in [6, 6.07) is 10.5. The first-order valence-corrected chi connectivity index (χ1v) is 8.15. The standard InChI is InChI=1S/C17H14F2N2O2S/c1-10(24-11-6-7-12(18)13(19)8-11)17(23)21-9-16(22)20-14-4-2-3-5-15(14)21/h2-8,10H,9H2,1H3,(H,20,22)/t10-/m1/s1. The molecule has 0 unspecified atom stereocenters. The monoisotopic (exact) mass is 348 g/mol. The second kappa shape index (κ2) is 6.60. The third-order valence-corrected chi connectivity index (χ3v) is 4.67. The van der Waals surface area contributed by atoms with E-state index in [0.29, 0.717) is 16.3 Å². The van der Waals surface area contributed by atoms with Crippen LogP contribution in [0, 0.1) is 11.6 Å². The lowest BCUT2D eigenvalue weighted by molar-refractivity contribution is -0.121. The van der Waals surface area contributed by atoms with Gasteiger partial charge in [-0.1, -0.05) is 12.1 Å². The number of para-hydroxylation sites is 2. The van der Waals surface area contributed by atoms with Crippen LogP contribution < -0.4 is 10.2 Å². The summed E-state index contributed by atoms with van der Waals surface area (Å²) in [5.74, 6) is -2.43. The number of anilines is 2. The predicted molar refractivity (Wildman–Crippen MR) is 89.1 cm³/mol. The van der Waals surface area contributed by atoms with Gasteiger partial charge >= 0.3 is 0 Å². The highest BCUT2D eigenvalue weighted by Crippen LogP contribution is 2.32. The van der Waals surface area contributed by atoms with Crippen LogP contribution in [0.25, 0.3) is 0 Å². The summed E-state index contributed by atoms with van der Waals surface area (Å²) in [6.07, 6.45) is 0. The third-order valence-electron chi connectivity index (χ3n) is 3.59. The van der Waals surface area contributed by atoms with Crippen molar-refractivity contribution in [1.82, 2.24) is 0 Å². The molecule has 0 aliphatic carbocycles. The van der Waals surface area contributed by atoms with Crippen molar-refractivity contribution >= 4 is 35.0 Å². The smallest absolute Gasteiger partial charge is 0.244 e. The molecule has 124 valence electrons. The molecule has 7 heteroatoms. The zero-order chi connectivity index (χ0) is 17.3. The van der Waals surface area contributed by atoms with Gasteiger partial charge in [-0.25, -0.2) is 8.78 Å². The fourth-order valence-corrected chi connectivity index (χ4v) is 3.41. The van der Waals surface area contributed by atoms with Crippen LogP contribution in [-0.2, 0) is 9.59 Å². The molecular weight excluding hydrogens is 334 g/mol. The number of thioether (sulfide) groups is 1. The van der Waals surface area contributed by atoms with Gasteiger partial charge in [-0.3, -0.25) is 14.5 Å². The summed E-state index contributed by atoms with van der Waals surface area (Å²) in [5, 5.41) is 2.15. The minimum Gasteiger partial charge on any atom is -0.323 e. The molecule has 0 bridgehead atoms. The van der Waals surface area contributed by atoms with Crippen molar-refractivity contribution < 1.29 is 18.4 Å². The van der Waals surface area contributed by atoms with E-state index in [0.717, 1.165) is 23.9 Å². The molecule has 0 aromatic heterocycles. The summed E-state index contributed by atoms with van der Waals surface area (Å²) in [4.78, 5) is 26.4. The van der Waals surface area contributed by atoms with Gasteiger partial charge in [0.2, 0.25) is 11.8 Å². The number of rotatable bonds is 3. The molecule has 2 aromatic rings. The van der Waals surface area contributed by atoms with Gasteiger partial charge in [0.15, 0.2) is 11.6 Å². The largest absolute Gasteiger partial charge is 0.323 e. The Morgan fingerprint density at radius 1 is 1.21 bits per heavy atom. The first-order valence-electron chi connectivity index (χ1n) is 7.27. The fraction of sp³-hybridized carbons (Fsp3) is 0.176. The first-order chi connectivity index (χ1) is 11.5. The van der Waals surface area contributed by atoms with E-state index in [1.54, 1.807) is 31.2 Å². The van der Waals surface area contributed by atoms with Gasteiger partial charge in [0, 0.05) is 4.90 Å². The molecule has 2 amide bonds. The number of halogens is 2. The van der Waals surface area contributed by atoms with E-state index in [9.17, 15) is 18.4 Å². The Morgan fingerprint density at radius 2 is 1.96 bits per heavy atom. The SMILES string of the molecule is C[C@@H](Sc1ccc(F)c(F)c1)C(=O)N1CC(=O)Nc2ccccc21. The molecular formula is C17H14F2N2O2S. The summed E-state index contributed by atoms with van der Waals surface area (Å²) >= 11 is 1.11. The molecule has 0 saturated carbocycles. The van der Waals surface area contributed by atoms with Crippen molar-refractivity contribution in [2.24, 2.45) is 0 Å². The molecule has 4 nitrogen and oxygen atoms in total. The lowest BCUT2D eigenvalue weighted by Crippen LogP contribution is -2.45. The number of hydrogen-bond acceptors (Lipinski definition) is 3. The molecule has 24 heavy (non-hydrogen) atoms. The van der Waals surface area contributed by atoms with Gasteiger partial charge in [0.1, 0.15) is 6.54 Å². The zero-order valence-electron chi connectivity index (χ0n) is 12.8. The molecule has 1 aliphatic rings. The van der Waals surface area contributed by atoms with Gasteiger partial charge in [-0.15, -0.1) is 11.8 Å². The molecule has 1 aliphatic heterocycles. The molecule has 0 fully saturated rings. The van der Waals surface area contributed by atoms with Gasteiger partial charge < -0.3 is 5.32 Å². The quantitative estimate of drug-likeness (QED) is 0.865. The van der Waals surface area contributed by atoms with Crippen molar-refractivity contribution in [3.05, 3.63) is 54.1 Å². The highest BCUT2D eigenvalue weighted by molar-refractivity contribution is 8.00. The van der Waals surface area contributed by atoms with E-state index >= 15 is 0 Å². The van der Waals surface area contributed by atoms with E-state index in [4.69, 9.17) is 0 Å². The Labute approximate surface area is 141 Å². The van der Waals surface area contributed by atoms with Crippen molar-refractivity contribution in [2.75, 3.05) is 16.8 Å². The second-order valence-electron chi connectivity index (χ2n) is 5.33. The van der Waals surface area contributed by atoms with Crippen LogP contribution in [0.15, 0.2) is 47.4 Å². The topological polar surface area (TPSA) is 49.4 Å². The van der Waals surface area contributed by atoms with Gasteiger partial charge in [0.25, 0.3) is 0 Å². The Kier molecular flexibility index (Phi) is 4.53. The lowest BCUT2D eigenvalue weighted by atomic mass is 10.2. The number of hydrogen-bond donors (Lipinski definition) is 1. The minimum atomic E-state index is -0.956. The maximum atomic E-state index is 13.3. The molecule has 1 N–H and O–H groups in total. The molecule has 1 atom stereocenters. The van der Waals surface area contributed by atoms with E-state index < -0.39 is 16.9 Å². The number of carbonyl (C=O) groups excluding carboxylic acids is 2. The Balaban J connectivity index is 1.80. The predicted octanol–water partition coefficient (Wildman–Crippen LogP) is 3.43. The number of benzene rings is 2. The van der Waals surface area contributed by atoms with E-state index in [1.165, 1.54) is 11.0 Å². The van der Waals surface area contributed by atoms with Crippen molar-refractivity contribution in [3.8, 4) is 0 Å². The van der Waals surface area contributed by atoms with Gasteiger partial charge in [0.05, 0.1) is 16.6 Å². The number of fused-ring (bicyclic) bond motifs is 1. The molecule has 0 saturated heterocycles. The van der Waals surface area contributed by atoms with Gasteiger partial charge in [-0.05, 0) is 37.3 Å². The molecule has 3 rings (SSSR count).